The summed E-state index contributed by atoms with van der Waals surface area (Å²) in [7, 11) is 0. The minimum absolute atomic E-state index is 0.601. The highest BCUT2D eigenvalue weighted by Crippen LogP contribution is 2.30. The second kappa shape index (κ2) is 6.24. The molecule has 2 heterocycles. The zero-order valence-electron chi connectivity index (χ0n) is 11.1. The number of para-hydroxylation sites is 2. The molecule has 0 unspecified atom stereocenters. The standard InChI is InChI=1S/C15H14N2OS2/c1-2-18-15-13(10-20-14-8-5-9-19-14)16-11-6-3-4-7-12(11)17-15/h3-9H,2,10H2,1H3. The predicted octanol–water partition coefficient (Wildman–Crippen LogP) is 4.38. The van der Waals surface area contributed by atoms with Gasteiger partial charge in [0.05, 0.1) is 21.8 Å². The van der Waals surface area contributed by atoms with Crippen molar-refractivity contribution < 1.29 is 4.74 Å². The van der Waals surface area contributed by atoms with Crippen molar-refractivity contribution in [1.82, 2.24) is 9.97 Å². The molecule has 2 aromatic heterocycles. The first kappa shape index (κ1) is 13.4. The molecule has 0 aliphatic rings. The summed E-state index contributed by atoms with van der Waals surface area (Å²) in [6.45, 7) is 2.57. The summed E-state index contributed by atoms with van der Waals surface area (Å²) in [5, 5.41) is 2.08. The van der Waals surface area contributed by atoms with Crippen LogP contribution in [-0.2, 0) is 5.75 Å². The van der Waals surface area contributed by atoms with Crippen LogP contribution in [0.5, 0.6) is 5.88 Å². The lowest BCUT2D eigenvalue weighted by Crippen LogP contribution is -2.01. The SMILES string of the molecule is CCOc1nc2ccccc2nc1CSc1cccs1. The third-order valence-corrected chi connectivity index (χ3v) is 4.88. The van der Waals surface area contributed by atoms with Gasteiger partial charge in [-0.1, -0.05) is 18.2 Å². The van der Waals surface area contributed by atoms with Crippen molar-refractivity contribution in [3.05, 3.63) is 47.5 Å². The van der Waals surface area contributed by atoms with E-state index in [9.17, 15) is 0 Å². The van der Waals surface area contributed by atoms with E-state index in [4.69, 9.17) is 4.74 Å². The van der Waals surface area contributed by atoms with E-state index in [0.29, 0.717) is 12.5 Å². The molecule has 5 heteroatoms. The number of thioether (sulfide) groups is 1. The zero-order chi connectivity index (χ0) is 13.8. The molecule has 0 N–H and O–H groups in total. The quantitative estimate of drug-likeness (QED) is 0.655. The van der Waals surface area contributed by atoms with Crippen molar-refractivity contribution in [2.45, 2.75) is 16.9 Å². The van der Waals surface area contributed by atoms with Crippen LogP contribution in [0, 0.1) is 0 Å². The van der Waals surface area contributed by atoms with Crippen molar-refractivity contribution in [2.24, 2.45) is 0 Å². The van der Waals surface area contributed by atoms with Crippen molar-refractivity contribution >= 4 is 34.1 Å². The molecule has 0 saturated heterocycles. The summed E-state index contributed by atoms with van der Waals surface area (Å²) in [6, 6.07) is 12.1. The van der Waals surface area contributed by atoms with Crippen LogP contribution in [0.4, 0.5) is 0 Å². The summed E-state index contributed by atoms with van der Waals surface area (Å²) < 4.78 is 6.91. The molecule has 0 bridgehead atoms. The minimum Gasteiger partial charge on any atom is -0.477 e. The van der Waals surface area contributed by atoms with Crippen LogP contribution in [0.2, 0.25) is 0 Å². The third-order valence-electron chi connectivity index (χ3n) is 2.73. The molecule has 3 aromatic rings. The van der Waals surface area contributed by atoms with Crippen molar-refractivity contribution in [2.75, 3.05) is 6.61 Å². The Bertz CT molecular complexity index is 698. The van der Waals surface area contributed by atoms with E-state index < -0.39 is 0 Å². The largest absolute Gasteiger partial charge is 0.477 e. The van der Waals surface area contributed by atoms with E-state index >= 15 is 0 Å². The van der Waals surface area contributed by atoms with Gasteiger partial charge in [-0.05, 0) is 30.5 Å². The Morgan fingerprint density at radius 1 is 1.10 bits per heavy atom. The van der Waals surface area contributed by atoms with Gasteiger partial charge in [0.1, 0.15) is 5.69 Å². The molecule has 0 aliphatic heterocycles. The number of ether oxygens (including phenoxy) is 1. The second-order valence-corrected chi connectivity index (χ2v) is 6.34. The fraction of sp³-hybridized carbons (Fsp3) is 0.200. The minimum atomic E-state index is 0.601. The maximum atomic E-state index is 5.63. The lowest BCUT2D eigenvalue weighted by Gasteiger charge is -2.09. The highest BCUT2D eigenvalue weighted by molar-refractivity contribution is 8.00. The molecule has 0 saturated carbocycles. The van der Waals surface area contributed by atoms with E-state index in [2.05, 4.69) is 27.5 Å². The Balaban J connectivity index is 1.92. The van der Waals surface area contributed by atoms with Crippen LogP contribution in [0.1, 0.15) is 12.6 Å². The van der Waals surface area contributed by atoms with Gasteiger partial charge >= 0.3 is 0 Å². The Kier molecular flexibility index (Phi) is 4.18. The Morgan fingerprint density at radius 3 is 2.60 bits per heavy atom. The average molecular weight is 302 g/mol. The van der Waals surface area contributed by atoms with E-state index in [0.717, 1.165) is 22.5 Å². The van der Waals surface area contributed by atoms with E-state index in [1.807, 2.05) is 31.2 Å². The number of aromatic nitrogens is 2. The molecule has 0 spiro atoms. The topological polar surface area (TPSA) is 35.0 Å². The summed E-state index contributed by atoms with van der Waals surface area (Å²) >= 11 is 3.50. The number of thiophene rings is 1. The number of nitrogens with zero attached hydrogens (tertiary/aromatic N) is 2. The molecule has 3 nitrogen and oxygen atoms in total. The monoisotopic (exact) mass is 302 g/mol. The van der Waals surface area contributed by atoms with E-state index in [1.165, 1.54) is 4.21 Å². The Morgan fingerprint density at radius 2 is 1.90 bits per heavy atom. The van der Waals surface area contributed by atoms with Gasteiger partial charge in [0.15, 0.2) is 0 Å². The molecule has 0 atom stereocenters. The van der Waals surface area contributed by atoms with Gasteiger partial charge in [-0.3, -0.25) is 0 Å². The molecular weight excluding hydrogens is 288 g/mol. The third kappa shape index (κ3) is 2.94. The summed E-state index contributed by atoms with van der Waals surface area (Å²) in [4.78, 5) is 9.26. The molecule has 1 aromatic carbocycles. The van der Waals surface area contributed by atoms with Gasteiger partial charge < -0.3 is 4.74 Å². The van der Waals surface area contributed by atoms with Gasteiger partial charge in [-0.2, -0.15) is 0 Å². The van der Waals surface area contributed by atoms with Gasteiger partial charge in [-0.15, -0.1) is 23.1 Å². The van der Waals surface area contributed by atoms with Crippen LogP contribution in [-0.4, -0.2) is 16.6 Å². The molecule has 0 fully saturated rings. The fourth-order valence-corrected chi connectivity index (χ4v) is 3.56. The van der Waals surface area contributed by atoms with Gasteiger partial charge in [0.2, 0.25) is 5.88 Å². The first-order chi connectivity index (χ1) is 9.86. The smallest absolute Gasteiger partial charge is 0.237 e. The fourth-order valence-electron chi connectivity index (χ4n) is 1.85. The van der Waals surface area contributed by atoms with E-state index in [-0.39, 0.29) is 0 Å². The van der Waals surface area contributed by atoms with Crippen molar-refractivity contribution in [3.63, 3.8) is 0 Å². The second-order valence-electron chi connectivity index (χ2n) is 4.12. The Labute approximate surface area is 126 Å². The summed E-state index contributed by atoms with van der Waals surface area (Å²) in [5.41, 5.74) is 2.70. The van der Waals surface area contributed by atoms with Gasteiger partial charge in [0.25, 0.3) is 0 Å². The van der Waals surface area contributed by atoms with Crippen LogP contribution in [0.3, 0.4) is 0 Å². The number of rotatable bonds is 5. The first-order valence-corrected chi connectivity index (χ1v) is 8.28. The Hall–Kier alpha value is -1.59. The first-order valence-electron chi connectivity index (χ1n) is 6.41. The van der Waals surface area contributed by atoms with Crippen LogP contribution < -0.4 is 4.74 Å². The highest BCUT2D eigenvalue weighted by atomic mass is 32.2. The van der Waals surface area contributed by atoms with Gasteiger partial charge in [-0.25, -0.2) is 9.97 Å². The lowest BCUT2D eigenvalue weighted by atomic mass is 10.3. The average Bonchev–Trinajstić information content (AvgIpc) is 2.98. The number of hydrogen-bond donors (Lipinski definition) is 0. The molecule has 3 rings (SSSR count). The van der Waals surface area contributed by atoms with E-state index in [1.54, 1.807) is 23.1 Å². The molecule has 0 radical (unpaired) electrons. The molecule has 102 valence electrons. The normalized spacial score (nSPS) is 10.8. The molecule has 0 aliphatic carbocycles. The molecular formula is C15H14N2OS2. The summed E-state index contributed by atoms with van der Waals surface area (Å²) in [6.07, 6.45) is 0. The summed E-state index contributed by atoms with van der Waals surface area (Å²) in [5.74, 6) is 1.42. The number of benzene rings is 1. The van der Waals surface area contributed by atoms with Crippen LogP contribution in [0.15, 0.2) is 46.0 Å². The van der Waals surface area contributed by atoms with Crippen molar-refractivity contribution in [1.29, 1.82) is 0 Å². The zero-order valence-corrected chi connectivity index (χ0v) is 12.7. The van der Waals surface area contributed by atoms with Gasteiger partial charge in [0, 0.05) is 5.75 Å². The highest BCUT2D eigenvalue weighted by Gasteiger charge is 2.10. The number of hydrogen-bond acceptors (Lipinski definition) is 5. The van der Waals surface area contributed by atoms with Crippen LogP contribution in [0.25, 0.3) is 11.0 Å². The van der Waals surface area contributed by atoms with Crippen molar-refractivity contribution in [3.8, 4) is 5.88 Å². The number of fused-ring (bicyclic) bond motifs is 1. The molecule has 20 heavy (non-hydrogen) atoms. The molecule has 0 amide bonds. The maximum Gasteiger partial charge on any atom is 0.237 e. The lowest BCUT2D eigenvalue weighted by molar-refractivity contribution is 0.323. The predicted molar refractivity (Wildman–Crippen MR) is 84.6 cm³/mol. The maximum absolute atomic E-state index is 5.63. The van der Waals surface area contributed by atoms with Crippen LogP contribution >= 0.6 is 23.1 Å².